The van der Waals surface area contributed by atoms with E-state index in [4.69, 9.17) is 4.74 Å². The summed E-state index contributed by atoms with van der Waals surface area (Å²) in [4.78, 5) is 17.1. The molecule has 1 unspecified atom stereocenters. The molecule has 9 heteroatoms. The van der Waals surface area contributed by atoms with Crippen LogP contribution in [0.15, 0.2) is 72.9 Å². The van der Waals surface area contributed by atoms with Crippen LogP contribution >= 0.6 is 0 Å². The normalized spacial score (nSPS) is 11.9. The van der Waals surface area contributed by atoms with Crippen LogP contribution in [-0.4, -0.2) is 32.3 Å². The highest BCUT2D eigenvalue weighted by atomic mass is 32.2. The van der Waals surface area contributed by atoms with Crippen LogP contribution in [0.1, 0.15) is 24.2 Å². The number of carbonyl (C=O) groups is 1. The molecule has 0 fully saturated rings. The Morgan fingerprint density at radius 3 is 2.45 bits per heavy atom. The molecule has 3 aromatic rings. The summed E-state index contributed by atoms with van der Waals surface area (Å²) in [5.41, 5.74) is 2.33. The van der Waals surface area contributed by atoms with E-state index in [9.17, 15) is 13.2 Å². The van der Waals surface area contributed by atoms with Crippen LogP contribution in [0.2, 0.25) is 0 Å². The third-order valence-corrected chi connectivity index (χ3v) is 5.79. The number of pyridine rings is 1. The summed E-state index contributed by atoms with van der Waals surface area (Å²) in [6.07, 6.45) is 1.67. The lowest BCUT2D eigenvalue weighted by Crippen LogP contribution is -2.33. The second-order valence-corrected chi connectivity index (χ2v) is 8.63. The van der Waals surface area contributed by atoms with Gasteiger partial charge in [0.1, 0.15) is 5.75 Å². The smallest absolute Gasteiger partial charge is 0.320 e. The summed E-state index contributed by atoms with van der Waals surface area (Å²) in [5.74, 6) is 0.228. The quantitative estimate of drug-likeness (QED) is 0.494. The number of ether oxygens (including phenoxy) is 1. The first-order valence-corrected chi connectivity index (χ1v) is 11.3. The molecule has 1 heterocycles. The number of carbonyl (C=O) groups excluding carboxylic acids is 1. The number of nitrogens with zero attached hydrogens (tertiary/aromatic N) is 1. The molecule has 2 aromatic carbocycles. The van der Waals surface area contributed by atoms with Crippen molar-refractivity contribution in [3.8, 4) is 5.75 Å². The lowest BCUT2D eigenvalue weighted by atomic mass is 10.0. The van der Waals surface area contributed by atoms with Crippen LogP contribution in [0.25, 0.3) is 0 Å². The van der Waals surface area contributed by atoms with Gasteiger partial charge in [-0.1, -0.05) is 36.4 Å². The molecule has 2 amide bonds. The molecule has 31 heavy (non-hydrogen) atoms. The van der Waals surface area contributed by atoms with Gasteiger partial charge in [-0.15, -0.1) is 0 Å². The molecule has 8 nitrogen and oxygen atoms in total. The zero-order chi connectivity index (χ0) is 22.3. The molecule has 1 atom stereocenters. The Kier molecular flexibility index (Phi) is 7.09. The Morgan fingerprint density at radius 1 is 1.06 bits per heavy atom. The van der Waals surface area contributed by atoms with Crippen molar-refractivity contribution < 1.29 is 17.9 Å². The molecule has 0 aliphatic heterocycles. The average Bonchev–Trinajstić information content (AvgIpc) is 2.79. The van der Waals surface area contributed by atoms with Gasteiger partial charge in [-0.3, -0.25) is 9.71 Å². The highest BCUT2D eigenvalue weighted by Crippen LogP contribution is 2.29. The van der Waals surface area contributed by atoms with Crippen molar-refractivity contribution in [1.82, 2.24) is 10.3 Å². The fourth-order valence-electron chi connectivity index (χ4n) is 2.91. The van der Waals surface area contributed by atoms with Crippen LogP contribution in [-0.2, 0) is 10.0 Å². The number of anilines is 2. The number of hydrogen-bond acceptors (Lipinski definition) is 5. The van der Waals surface area contributed by atoms with Crippen molar-refractivity contribution in [3.63, 3.8) is 0 Å². The van der Waals surface area contributed by atoms with E-state index in [1.807, 2.05) is 48.5 Å². The van der Waals surface area contributed by atoms with Gasteiger partial charge < -0.3 is 15.4 Å². The van der Waals surface area contributed by atoms with Gasteiger partial charge >= 0.3 is 6.03 Å². The zero-order valence-electron chi connectivity index (χ0n) is 17.2. The maximum Gasteiger partial charge on any atom is 0.320 e. The minimum Gasteiger partial charge on any atom is -0.494 e. The second kappa shape index (κ2) is 9.94. The number of rotatable bonds is 8. The molecule has 0 spiro atoms. The van der Waals surface area contributed by atoms with E-state index in [2.05, 4.69) is 20.3 Å². The fraction of sp³-hybridized carbons (Fsp3) is 0.182. The summed E-state index contributed by atoms with van der Waals surface area (Å²) in [6.45, 7) is 1.54. The highest BCUT2D eigenvalue weighted by molar-refractivity contribution is 7.92. The molecule has 0 saturated carbocycles. The topological polar surface area (TPSA) is 109 Å². The number of amides is 2. The van der Waals surface area contributed by atoms with Crippen molar-refractivity contribution in [2.45, 2.75) is 13.0 Å². The van der Waals surface area contributed by atoms with Gasteiger partial charge in [0, 0.05) is 18.0 Å². The maximum absolute atomic E-state index is 12.7. The first-order valence-electron chi connectivity index (χ1n) is 9.63. The molecule has 0 saturated heterocycles. The number of sulfonamides is 1. The van der Waals surface area contributed by atoms with Crippen LogP contribution in [0.4, 0.5) is 16.2 Å². The van der Waals surface area contributed by atoms with E-state index in [0.29, 0.717) is 22.8 Å². The predicted octanol–water partition coefficient (Wildman–Crippen LogP) is 3.76. The Hall–Kier alpha value is -3.59. The van der Waals surface area contributed by atoms with Crippen LogP contribution in [0.3, 0.4) is 0 Å². The van der Waals surface area contributed by atoms with Crippen molar-refractivity contribution in [2.24, 2.45) is 0 Å². The minimum absolute atomic E-state index is 0.0625. The molecule has 0 radical (unpaired) electrons. The second-order valence-electron chi connectivity index (χ2n) is 6.62. The van der Waals surface area contributed by atoms with Gasteiger partial charge in [-0.2, -0.15) is 0 Å². The van der Waals surface area contributed by atoms with Crippen LogP contribution in [0, 0.1) is 0 Å². The standard InChI is InChI=1S/C22H24N4O4S/c1-3-31(28,29)26-18-13-12-17(15-20(18)30-2)24-22(27)25-21(16-9-5-4-6-10-16)19-11-7-8-14-23-19/h4-15,21,26H,3H2,1-2H3,(H2,24,25,27). The van der Waals surface area contributed by atoms with Gasteiger partial charge in [0.15, 0.2) is 0 Å². The Labute approximate surface area is 181 Å². The molecule has 0 aliphatic carbocycles. The van der Waals surface area contributed by atoms with Crippen LogP contribution < -0.4 is 20.1 Å². The number of benzene rings is 2. The number of methoxy groups -OCH3 is 1. The lowest BCUT2D eigenvalue weighted by molar-refractivity contribution is 0.250. The van der Waals surface area contributed by atoms with E-state index in [-0.39, 0.29) is 5.75 Å². The molecule has 1 aromatic heterocycles. The number of urea groups is 1. The minimum atomic E-state index is -3.45. The van der Waals surface area contributed by atoms with Crippen molar-refractivity contribution in [3.05, 3.63) is 84.2 Å². The molecule has 3 N–H and O–H groups in total. The first-order chi connectivity index (χ1) is 14.9. The lowest BCUT2D eigenvalue weighted by Gasteiger charge is -2.19. The molecular weight excluding hydrogens is 416 g/mol. The SMILES string of the molecule is CCS(=O)(=O)Nc1ccc(NC(=O)NC(c2ccccc2)c2ccccn2)cc1OC. The van der Waals surface area contributed by atoms with E-state index < -0.39 is 22.1 Å². The third-order valence-electron chi connectivity index (χ3n) is 4.50. The third kappa shape index (κ3) is 5.95. The molecular formula is C22H24N4O4S. The summed E-state index contributed by atoms with van der Waals surface area (Å²) in [5, 5.41) is 5.69. The van der Waals surface area contributed by atoms with Crippen molar-refractivity contribution >= 4 is 27.4 Å². The van der Waals surface area contributed by atoms with E-state index in [1.165, 1.54) is 13.2 Å². The molecule has 162 valence electrons. The molecule has 0 bridgehead atoms. The van der Waals surface area contributed by atoms with Gasteiger partial charge in [0.05, 0.1) is 30.3 Å². The van der Waals surface area contributed by atoms with E-state index in [1.54, 1.807) is 25.3 Å². The summed E-state index contributed by atoms with van der Waals surface area (Å²) < 4.78 is 31.4. The van der Waals surface area contributed by atoms with Gasteiger partial charge in [0.2, 0.25) is 10.0 Å². The number of hydrogen-bond donors (Lipinski definition) is 3. The molecule has 3 rings (SSSR count). The average molecular weight is 441 g/mol. The summed E-state index contributed by atoms with van der Waals surface area (Å²) >= 11 is 0. The van der Waals surface area contributed by atoms with E-state index >= 15 is 0 Å². The van der Waals surface area contributed by atoms with Gasteiger partial charge in [-0.25, -0.2) is 13.2 Å². The predicted molar refractivity (Wildman–Crippen MR) is 121 cm³/mol. The van der Waals surface area contributed by atoms with Crippen molar-refractivity contribution in [2.75, 3.05) is 22.9 Å². The monoisotopic (exact) mass is 440 g/mol. The Morgan fingerprint density at radius 2 is 1.81 bits per heavy atom. The fourth-order valence-corrected chi connectivity index (χ4v) is 3.56. The maximum atomic E-state index is 12.7. The summed E-state index contributed by atoms with van der Waals surface area (Å²) in [7, 11) is -2.03. The largest absolute Gasteiger partial charge is 0.494 e. The van der Waals surface area contributed by atoms with E-state index in [0.717, 1.165) is 5.56 Å². The summed E-state index contributed by atoms with van der Waals surface area (Å²) in [6, 6.07) is 18.8. The first kappa shape index (κ1) is 22.1. The Bertz CT molecular complexity index is 1080. The number of aromatic nitrogens is 1. The van der Waals surface area contributed by atoms with Gasteiger partial charge in [0.25, 0.3) is 0 Å². The highest BCUT2D eigenvalue weighted by Gasteiger charge is 2.18. The number of nitrogens with one attached hydrogen (secondary N) is 3. The zero-order valence-corrected chi connectivity index (χ0v) is 18.0. The molecule has 0 aliphatic rings. The van der Waals surface area contributed by atoms with Gasteiger partial charge in [-0.05, 0) is 36.8 Å². The van der Waals surface area contributed by atoms with Crippen LogP contribution in [0.5, 0.6) is 5.75 Å². The van der Waals surface area contributed by atoms with Crippen molar-refractivity contribution in [1.29, 1.82) is 0 Å². The Balaban J connectivity index is 1.78.